The normalized spacial score (nSPS) is 10.0. The van der Waals surface area contributed by atoms with Crippen LogP contribution in [0.1, 0.15) is 21.5 Å². The summed E-state index contributed by atoms with van der Waals surface area (Å²) in [7, 11) is 0. The molecule has 0 saturated heterocycles. The minimum atomic E-state index is -0.506. The first kappa shape index (κ1) is 12.0. The van der Waals surface area contributed by atoms with E-state index in [2.05, 4.69) is 21.8 Å². The van der Waals surface area contributed by atoms with Crippen molar-refractivity contribution in [3.8, 4) is 11.8 Å². The van der Waals surface area contributed by atoms with E-state index >= 15 is 0 Å². The van der Waals surface area contributed by atoms with E-state index in [9.17, 15) is 4.79 Å². The molecular weight excluding hydrogens is 250 g/mol. The molecule has 3 aromatic rings. The van der Waals surface area contributed by atoms with Gasteiger partial charge in [-0.2, -0.15) is 0 Å². The van der Waals surface area contributed by atoms with E-state index in [1.807, 2.05) is 30.5 Å². The molecule has 3 rings (SSSR count). The highest BCUT2D eigenvalue weighted by Crippen LogP contribution is 2.13. The lowest BCUT2D eigenvalue weighted by atomic mass is 10.1. The molecule has 0 spiro atoms. The third kappa shape index (κ3) is 2.38. The van der Waals surface area contributed by atoms with Crippen molar-refractivity contribution >= 4 is 16.8 Å². The van der Waals surface area contributed by atoms with Gasteiger partial charge in [0.15, 0.2) is 0 Å². The number of fused-ring (bicyclic) bond motifs is 1. The molecule has 0 aliphatic carbocycles. The predicted octanol–water partition coefficient (Wildman–Crippen LogP) is 2.06. The quantitative estimate of drug-likeness (QED) is 0.658. The molecule has 4 heteroatoms. The third-order valence-electron chi connectivity index (χ3n) is 2.93. The summed E-state index contributed by atoms with van der Waals surface area (Å²) in [6.07, 6.45) is 4.92. The molecule has 0 radical (unpaired) electrons. The number of benzene rings is 1. The minimum absolute atomic E-state index is 0.358. The van der Waals surface area contributed by atoms with Gasteiger partial charge in [-0.15, -0.1) is 0 Å². The predicted molar refractivity (Wildman–Crippen MR) is 77.0 cm³/mol. The minimum Gasteiger partial charge on any atom is -0.366 e. The molecular formula is C16H11N3O. The van der Waals surface area contributed by atoms with E-state index in [0.29, 0.717) is 11.1 Å². The van der Waals surface area contributed by atoms with Gasteiger partial charge in [0.25, 0.3) is 0 Å². The summed E-state index contributed by atoms with van der Waals surface area (Å²) in [6, 6.07) is 9.58. The maximum Gasteiger partial charge on any atom is 0.250 e. The van der Waals surface area contributed by atoms with E-state index in [1.54, 1.807) is 12.3 Å². The van der Waals surface area contributed by atoms with E-state index in [1.165, 1.54) is 6.20 Å². The number of aromatic amines is 1. The average Bonchev–Trinajstić information content (AvgIpc) is 2.93. The van der Waals surface area contributed by atoms with Crippen LogP contribution >= 0.6 is 0 Å². The van der Waals surface area contributed by atoms with E-state index < -0.39 is 5.91 Å². The first-order valence-corrected chi connectivity index (χ1v) is 6.06. The highest BCUT2D eigenvalue weighted by Gasteiger charge is 2.00. The zero-order valence-corrected chi connectivity index (χ0v) is 10.6. The fourth-order valence-electron chi connectivity index (χ4n) is 1.91. The second-order valence-corrected chi connectivity index (χ2v) is 4.36. The topological polar surface area (TPSA) is 71.8 Å². The summed E-state index contributed by atoms with van der Waals surface area (Å²) in [5.41, 5.74) is 8.16. The molecule has 1 aromatic carbocycles. The first-order chi connectivity index (χ1) is 9.72. The smallest absolute Gasteiger partial charge is 0.250 e. The number of aromatic nitrogens is 2. The highest BCUT2D eigenvalue weighted by atomic mass is 16.1. The molecule has 4 nitrogen and oxygen atoms in total. The van der Waals surface area contributed by atoms with Crippen LogP contribution in [0.25, 0.3) is 10.9 Å². The molecule has 0 aliphatic heterocycles. The zero-order chi connectivity index (χ0) is 13.9. The van der Waals surface area contributed by atoms with Gasteiger partial charge in [0.05, 0.1) is 5.56 Å². The molecule has 0 bridgehead atoms. The number of nitrogens with two attached hydrogens (primary N) is 1. The second kappa shape index (κ2) is 4.90. The van der Waals surface area contributed by atoms with Crippen LogP contribution in [0.3, 0.4) is 0 Å². The molecule has 1 amide bonds. The summed E-state index contributed by atoms with van der Waals surface area (Å²) >= 11 is 0. The van der Waals surface area contributed by atoms with Crippen LogP contribution < -0.4 is 5.73 Å². The Morgan fingerprint density at radius 1 is 1.10 bits per heavy atom. The van der Waals surface area contributed by atoms with Crippen molar-refractivity contribution in [2.45, 2.75) is 0 Å². The van der Waals surface area contributed by atoms with Crippen molar-refractivity contribution in [2.24, 2.45) is 5.73 Å². The Balaban J connectivity index is 1.94. The monoisotopic (exact) mass is 261 g/mol. The molecule has 0 saturated carbocycles. The number of rotatable bonds is 1. The van der Waals surface area contributed by atoms with Gasteiger partial charge in [-0.1, -0.05) is 17.9 Å². The largest absolute Gasteiger partial charge is 0.366 e. The van der Waals surface area contributed by atoms with Crippen LogP contribution in [0.5, 0.6) is 0 Å². The van der Waals surface area contributed by atoms with Gasteiger partial charge in [0.2, 0.25) is 5.91 Å². The number of nitrogens with zero attached hydrogens (tertiary/aromatic N) is 1. The van der Waals surface area contributed by atoms with Crippen molar-refractivity contribution in [2.75, 3.05) is 0 Å². The van der Waals surface area contributed by atoms with Crippen molar-refractivity contribution in [1.82, 2.24) is 9.97 Å². The van der Waals surface area contributed by atoms with Gasteiger partial charge < -0.3 is 10.7 Å². The lowest BCUT2D eigenvalue weighted by Gasteiger charge is -1.95. The number of H-pyrrole nitrogens is 1. The Bertz CT molecular complexity index is 853. The molecule has 20 heavy (non-hydrogen) atoms. The summed E-state index contributed by atoms with van der Waals surface area (Å²) in [5.74, 6) is 5.52. The first-order valence-electron chi connectivity index (χ1n) is 6.06. The maximum absolute atomic E-state index is 11.1. The van der Waals surface area contributed by atoms with Gasteiger partial charge in [0.1, 0.15) is 0 Å². The summed E-state index contributed by atoms with van der Waals surface area (Å²) in [6.45, 7) is 0. The van der Waals surface area contributed by atoms with Gasteiger partial charge in [0, 0.05) is 35.2 Å². The molecule has 3 N–H and O–H groups in total. The summed E-state index contributed by atoms with van der Waals surface area (Å²) in [5, 5.41) is 1.15. The van der Waals surface area contributed by atoms with Gasteiger partial charge in [-0.25, -0.2) is 0 Å². The Labute approximate surface area is 115 Å². The number of carbonyl (C=O) groups excluding carboxylic acids is 1. The second-order valence-electron chi connectivity index (χ2n) is 4.36. The lowest BCUT2D eigenvalue weighted by molar-refractivity contribution is 0.1000. The van der Waals surface area contributed by atoms with Gasteiger partial charge in [-0.05, 0) is 29.7 Å². The SMILES string of the molecule is NC(=O)c1cncc(C#Cc2ccc3cc[nH]c3c2)c1. The summed E-state index contributed by atoms with van der Waals surface area (Å²) in [4.78, 5) is 18.2. The van der Waals surface area contributed by atoms with Crippen LogP contribution in [0.15, 0.2) is 48.9 Å². The van der Waals surface area contributed by atoms with E-state index in [4.69, 9.17) is 5.73 Å². The Kier molecular flexibility index (Phi) is 2.94. The number of amides is 1. The molecule has 0 unspecified atom stereocenters. The lowest BCUT2D eigenvalue weighted by Crippen LogP contribution is -2.11. The van der Waals surface area contributed by atoms with Crippen LogP contribution in [0.2, 0.25) is 0 Å². The van der Waals surface area contributed by atoms with Crippen LogP contribution in [-0.2, 0) is 0 Å². The number of primary amides is 1. The van der Waals surface area contributed by atoms with Crippen molar-refractivity contribution in [1.29, 1.82) is 0 Å². The number of nitrogens with one attached hydrogen (secondary N) is 1. The van der Waals surface area contributed by atoms with E-state index in [0.717, 1.165) is 16.5 Å². The van der Waals surface area contributed by atoms with Crippen molar-refractivity contribution in [3.05, 3.63) is 65.6 Å². The fourth-order valence-corrected chi connectivity index (χ4v) is 1.91. The van der Waals surface area contributed by atoms with Crippen LogP contribution in [0.4, 0.5) is 0 Å². The standard InChI is InChI=1S/C16H11N3O/c17-16(20)14-7-12(9-18-10-14)2-1-11-3-4-13-5-6-19-15(13)8-11/h3-10,19H,(H2,17,20). The number of pyridine rings is 1. The highest BCUT2D eigenvalue weighted by molar-refractivity contribution is 5.92. The third-order valence-corrected chi connectivity index (χ3v) is 2.93. The maximum atomic E-state index is 11.1. The molecule has 96 valence electrons. The number of hydrogen-bond acceptors (Lipinski definition) is 2. The number of hydrogen-bond donors (Lipinski definition) is 2. The Morgan fingerprint density at radius 3 is 2.80 bits per heavy atom. The molecule has 2 aromatic heterocycles. The van der Waals surface area contributed by atoms with Crippen LogP contribution in [-0.4, -0.2) is 15.9 Å². The Morgan fingerprint density at radius 2 is 1.95 bits per heavy atom. The molecule has 0 atom stereocenters. The van der Waals surface area contributed by atoms with Crippen molar-refractivity contribution in [3.63, 3.8) is 0 Å². The molecule has 0 aliphatic rings. The molecule has 0 fully saturated rings. The van der Waals surface area contributed by atoms with E-state index in [-0.39, 0.29) is 0 Å². The van der Waals surface area contributed by atoms with Crippen molar-refractivity contribution < 1.29 is 4.79 Å². The zero-order valence-electron chi connectivity index (χ0n) is 10.6. The summed E-state index contributed by atoms with van der Waals surface area (Å²) < 4.78 is 0. The van der Waals surface area contributed by atoms with Gasteiger partial charge >= 0.3 is 0 Å². The average molecular weight is 261 g/mol. The number of carbonyl (C=O) groups is 1. The Hall–Kier alpha value is -3.06. The molecule has 2 heterocycles. The fraction of sp³-hybridized carbons (Fsp3) is 0. The van der Waals surface area contributed by atoms with Crippen LogP contribution in [0, 0.1) is 11.8 Å². The van der Waals surface area contributed by atoms with Gasteiger partial charge in [-0.3, -0.25) is 9.78 Å².